The molecule has 0 radical (unpaired) electrons. The molecule has 0 aromatic rings. The highest BCUT2D eigenvalue weighted by Crippen LogP contribution is 2.36. The van der Waals surface area contributed by atoms with E-state index >= 15 is 0 Å². The normalized spacial score (nSPS) is 32.1. The Labute approximate surface area is 93.4 Å². The van der Waals surface area contributed by atoms with Crippen LogP contribution in [0.15, 0.2) is 0 Å². The van der Waals surface area contributed by atoms with Crippen LogP contribution in [0.4, 0.5) is 13.2 Å². The molecule has 5 heteroatoms. The number of rotatable bonds is 3. The van der Waals surface area contributed by atoms with Crippen LogP contribution in [-0.4, -0.2) is 40.9 Å². The average molecular weight is 237 g/mol. The summed E-state index contributed by atoms with van der Waals surface area (Å²) >= 11 is 0. The van der Waals surface area contributed by atoms with Gasteiger partial charge in [-0.15, -0.1) is 0 Å². The van der Waals surface area contributed by atoms with Gasteiger partial charge in [0.2, 0.25) is 0 Å². The number of hydrogen-bond acceptors (Lipinski definition) is 2. The minimum Gasteiger partial charge on any atom is -0.391 e. The number of aliphatic hydroxyl groups excluding tert-OH is 1. The first kappa shape index (κ1) is 12.2. The van der Waals surface area contributed by atoms with E-state index in [1.54, 1.807) is 0 Å². The van der Waals surface area contributed by atoms with Crippen LogP contribution in [0, 0.1) is 0 Å². The molecular formula is C11H18F3NO. The summed E-state index contributed by atoms with van der Waals surface area (Å²) in [6.45, 7) is -0.862. The highest BCUT2D eigenvalue weighted by Gasteiger charge is 2.43. The van der Waals surface area contributed by atoms with Crippen molar-refractivity contribution >= 4 is 0 Å². The van der Waals surface area contributed by atoms with Crippen molar-refractivity contribution in [2.75, 3.05) is 6.54 Å². The Morgan fingerprint density at radius 2 is 1.69 bits per heavy atom. The van der Waals surface area contributed by atoms with Crippen LogP contribution in [0.1, 0.15) is 38.5 Å². The zero-order valence-corrected chi connectivity index (χ0v) is 9.21. The van der Waals surface area contributed by atoms with Gasteiger partial charge in [-0.05, 0) is 25.7 Å². The van der Waals surface area contributed by atoms with Crippen LogP contribution in [0.25, 0.3) is 0 Å². The Morgan fingerprint density at radius 1 is 1.06 bits per heavy atom. The molecular weight excluding hydrogens is 219 g/mol. The average Bonchev–Trinajstić information content (AvgIpc) is 2.97. The largest absolute Gasteiger partial charge is 0.401 e. The molecule has 2 atom stereocenters. The first-order chi connectivity index (χ1) is 7.47. The van der Waals surface area contributed by atoms with Crippen molar-refractivity contribution in [3.8, 4) is 0 Å². The Morgan fingerprint density at radius 3 is 2.19 bits per heavy atom. The van der Waals surface area contributed by atoms with Gasteiger partial charge in [0.1, 0.15) is 0 Å². The number of nitrogens with zero attached hydrogens (tertiary/aromatic N) is 1. The second kappa shape index (κ2) is 4.53. The molecule has 0 saturated heterocycles. The molecule has 2 saturated carbocycles. The maximum absolute atomic E-state index is 12.5. The fourth-order valence-electron chi connectivity index (χ4n) is 2.61. The minimum atomic E-state index is -4.15. The number of aliphatic hydroxyl groups is 1. The molecule has 0 bridgehead atoms. The van der Waals surface area contributed by atoms with Crippen LogP contribution >= 0.6 is 0 Å². The number of alkyl halides is 3. The molecule has 0 heterocycles. The van der Waals surface area contributed by atoms with Crippen molar-refractivity contribution in [1.29, 1.82) is 0 Å². The summed E-state index contributed by atoms with van der Waals surface area (Å²) in [4.78, 5) is 1.49. The highest BCUT2D eigenvalue weighted by molar-refractivity contribution is 4.93. The summed E-state index contributed by atoms with van der Waals surface area (Å²) in [6.07, 6.45) is 0.180. The minimum absolute atomic E-state index is 0.0550. The highest BCUT2D eigenvalue weighted by atomic mass is 19.4. The zero-order valence-electron chi connectivity index (χ0n) is 9.21. The summed E-state index contributed by atoms with van der Waals surface area (Å²) < 4.78 is 37.4. The van der Waals surface area contributed by atoms with Crippen LogP contribution in [0.2, 0.25) is 0 Å². The fraction of sp³-hybridized carbons (Fsp3) is 1.00. The van der Waals surface area contributed by atoms with Crippen LogP contribution < -0.4 is 0 Å². The lowest BCUT2D eigenvalue weighted by Crippen LogP contribution is -2.50. The van der Waals surface area contributed by atoms with Gasteiger partial charge in [0.15, 0.2) is 0 Å². The van der Waals surface area contributed by atoms with E-state index in [1.165, 1.54) is 4.90 Å². The maximum Gasteiger partial charge on any atom is 0.401 e. The summed E-state index contributed by atoms with van der Waals surface area (Å²) in [5.41, 5.74) is 0. The summed E-state index contributed by atoms with van der Waals surface area (Å²) in [7, 11) is 0. The lowest BCUT2D eigenvalue weighted by Gasteiger charge is -2.38. The van der Waals surface area contributed by atoms with E-state index in [4.69, 9.17) is 0 Å². The lowest BCUT2D eigenvalue weighted by molar-refractivity contribution is -0.159. The zero-order chi connectivity index (χ0) is 11.8. The summed E-state index contributed by atoms with van der Waals surface area (Å²) in [5, 5.41) is 9.80. The fourth-order valence-corrected chi connectivity index (χ4v) is 2.61. The summed E-state index contributed by atoms with van der Waals surface area (Å²) in [5.74, 6) is 0. The van der Waals surface area contributed by atoms with Crippen molar-refractivity contribution in [1.82, 2.24) is 4.90 Å². The Bertz CT molecular complexity index is 240. The van der Waals surface area contributed by atoms with E-state index in [1.807, 2.05) is 0 Å². The molecule has 0 amide bonds. The molecule has 16 heavy (non-hydrogen) atoms. The Balaban J connectivity index is 2.00. The van der Waals surface area contributed by atoms with Gasteiger partial charge in [-0.1, -0.05) is 12.8 Å². The third-order valence-electron chi connectivity index (χ3n) is 3.50. The van der Waals surface area contributed by atoms with Gasteiger partial charge >= 0.3 is 6.18 Å². The Hall–Kier alpha value is -0.290. The van der Waals surface area contributed by atoms with Crippen molar-refractivity contribution in [3.05, 3.63) is 0 Å². The third kappa shape index (κ3) is 3.10. The molecule has 1 N–H and O–H groups in total. The first-order valence-electron chi connectivity index (χ1n) is 5.98. The number of hydrogen-bond donors (Lipinski definition) is 1. The van der Waals surface area contributed by atoms with Crippen molar-refractivity contribution in [3.63, 3.8) is 0 Å². The first-order valence-corrected chi connectivity index (χ1v) is 5.98. The van der Waals surface area contributed by atoms with Gasteiger partial charge in [-0.2, -0.15) is 13.2 Å². The van der Waals surface area contributed by atoms with E-state index in [9.17, 15) is 18.3 Å². The standard InChI is InChI=1S/C11H18F3NO/c12-11(13,14)7-15(8-5-6-8)9-3-1-2-4-10(9)16/h8-10,16H,1-7H2/t9-,10-/m1/s1. The second-order valence-corrected chi connectivity index (χ2v) is 4.94. The predicted molar refractivity (Wildman–Crippen MR) is 54.0 cm³/mol. The molecule has 0 aliphatic heterocycles. The van der Waals surface area contributed by atoms with Gasteiger partial charge in [0.05, 0.1) is 12.6 Å². The topological polar surface area (TPSA) is 23.5 Å². The van der Waals surface area contributed by atoms with Gasteiger partial charge in [-0.25, -0.2) is 0 Å². The van der Waals surface area contributed by atoms with Gasteiger partial charge in [0.25, 0.3) is 0 Å². The van der Waals surface area contributed by atoms with Crippen molar-refractivity contribution in [2.45, 2.75) is 62.9 Å². The predicted octanol–water partition coefficient (Wildman–Crippen LogP) is 2.32. The van der Waals surface area contributed by atoms with Gasteiger partial charge < -0.3 is 5.11 Å². The quantitative estimate of drug-likeness (QED) is 0.814. The van der Waals surface area contributed by atoms with Crippen LogP contribution in [-0.2, 0) is 0 Å². The molecule has 0 aromatic heterocycles. The van der Waals surface area contributed by atoms with E-state index in [0.29, 0.717) is 12.8 Å². The molecule has 2 aliphatic carbocycles. The molecule has 2 aliphatic rings. The maximum atomic E-state index is 12.5. The molecule has 0 aromatic carbocycles. The molecule has 2 rings (SSSR count). The van der Waals surface area contributed by atoms with Gasteiger partial charge in [-0.3, -0.25) is 4.90 Å². The van der Waals surface area contributed by atoms with E-state index in [0.717, 1.165) is 25.7 Å². The lowest BCUT2D eigenvalue weighted by atomic mass is 9.91. The molecule has 94 valence electrons. The van der Waals surface area contributed by atoms with Gasteiger partial charge in [0, 0.05) is 12.1 Å². The smallest absolute Gasteiger partial charge is 0.391 e. The van der Waals surface area contributed by atoms with Crippen molar-refractivity contribution in [2.24, 2.45) is 0 Å². The molecule has 0 spiro atoms. The molecule has 0 unspecified atom stereocenters. The Kier molecular flexibility index (Phi) is 3.45. The number of halogens is 3. The third-order valence-corrected chi connectivity index (χ3v) is 3.50. The van der Waals surface area contributed by atoms with E-state index in [-0.39, 0.29) is 12.1 Å². The molecule has 2 fully saturated rings. The second-order valence-electron chi connectivity index (χ2n) is 4.94. The van der Waals surface area contributed by atoms with Crippen LogP contribution in [0.5, 0.6) is 0 Å². The van der Waals surface area contributed by atoms with Crippen LogP contribution in [0.3, 0.4) is 0 Å². The van der Waals surface area contributed by atoms with Crippen molar-refractivity contribution < 1.29 is 18.3 Å². The molecule has 2 nitrogen and oxygen atoms in total. The van der Waals surface area contributed by atoms with E-state index in [2.05, 4.69) is 0 Å². The monoisotopic (exact) mass is 237 g/mol. The van der Waals surface area contributed by atoms with E-state index < -0.39 is 18.8 Å². The SMILES string of the molecule is O[C@@H]1CCCC[C@H]1N(CC(F)(F)F)C1CC1. The summed E-state index contributed by atoms with van der Waals surface area (Å²) in [6, 6.07) is -0.220.